The van der Waals surface area contributed by atoms with Gasteiger partial charge in [-0.25, -0.2) is 0 Å². The summed E-state index contributed by atoms with van der Waals surface area (Å²) in [4.78, 5) is 17.2. The molecule has 0 bridgehead atoms. The molecule has 5 heteroatoms. The first-order chi connectivity index (χ1) is 11.2. The van der Waals surface area contributed by atoms with Gasteiger partial charge in [-0.3, -0.25) is 4.79 Å². The molecule has 1 N–H and O–H groups in total. The van der Waals surface area contributed by atoms with Crippen LogP contribution in [0.15, 0.2) is 24.3 Å². The molecule has 1 amide bonds. The van der Waals surface area contributed by atoms with Crippen molar-refractivity contribution in [2.24, 2.45) is 5.92 Å². The molecule has 3 aliphatic heterocycles. The maximum absolute atomic E-state index is 13.0. The van der Waals surface area contributed by atoms with E-state index in [1.165, 1.54) is 11.3 Å². The summed E-state index contributed by atoms with van der Waals surface area (Å²) >= 11 is 0. The SMILES string of the molecule is CN1C[C@H]2[C@H](c3ccccc31)[C@@H](CO)N2C(=O)C1CCOCC1. The first-order valence-electron chi connectivity index (χ1n) is 8.53. The highest BCUT2D eigenvalue weighted by Gasteiger charge is 2.54. The maximum atomic E-state index is 13.0. The number of hydrogen-bond acceptors (Lipinski definition) is 4. The van der Waals surface area contributed by atoms with Crippen LogP contribution >= 0.6 is 0 Å². The molecule has 0 saturated carbocycles. The lowest BCUT2D eigenvalue weighted by atomic mass is 9.71. The van der Waals surface area contributed by atoms with Crippen molar-refractivity contribution in [2.45, 2.75) is 30.8 Å². The summed E-state index contributed by atoms with van der Waals surface area (Å²) in [6, 6.07) is 8.47. The Balaban J connectivity index is 1.61. The normalized spacial score (nSPS) is 30.4. The van der Waals surface area contributed by atoms with Crippen LogP contribution in [0.2, 0.25) is 0 Å². The van der Waals surface area contributed by atoms with Gasteiger partial charge < -0.3 is 19.6 Å². The summed E-state index contributed by atoms with van der Waals surface area (Å²) in [7, 11) is 2.08. The number of para-hydroxylation sites is 1. The third-order valence-electron chi connectivity index (χ3n) is 5.72. The highest BCUT2D eigenvalue weighted by molar-refractivity contribution is 5.82. The molecule has 23 heavy (non-hydrogen) atoms. The Kier molecular flexibility index (Phi) is 3.77. The number of benzene rings is 1. The minimum atomic E-state index is -0.0785. The van der Waals surface area contributed by atoms with E-state index in [-0.39, 0.29) is 36.4 Å². The van der Waals surface area contributed by atoms with E-state index in [0.29, 0.717) is 13.2 Å². The zero-order valence-electron chi connectivity index (χ0n) is 13.5. The van der Waals surface area contributed by atoms with Crippen LogP contribution in [0.1, 0.15) is 24.3 Å². The molecule has 3 heterocycles. The van der Waals surface area contributed by atoms with Crippen LogP contribution in [0.25, 0.3) is 0 Å². The molecule has 3 atom stereocenters. The highest BCUT2D eigenvalue weighted by Crippen LogP contribution is 2.48. The standard InChI is InChI=1S/C18H24N2O3/c1-19-10-15-17(13-4-2-3-5-14(13)19)16(11-21)20(15)18(22)12-6-8-23-9-7-12/h2-5,12,15-17,21H,6-11H2,1H3/t15-,16+,17-/m0/s1. The van der Waals surface area contributed by atoms with Crippen molar-refractivity contribution in [3.05, 3.63) is 29.8 Å². The van der Waals surface area contributed by atoms with Crippen molar-refractivity contribution in [1.82, 2.24) is 4.90 Å². The second-order valence-corrected chi connectivity index (χ2v) is 6.91. The molecule has 5 nitrogen and oxygen atoms in total. The molecule has 3 aliphatic rings. The minimum absolute atomic E-state index is 0.0359. The number of nitrogens with zero attached hydrogens (tertiary/aromatic N) is 2. The monoisotopic (exact) mass is 316 g/mol. The van der Waals surface area contributed by atoms with Gasteiger partial charge >= 0.3 is 0 Å². The van der Waals surface area contributed by atoms with Crippen molar-refractivity contribution in [2.75, 3.05) is 38.3 Å². The van der Waals surface area contributed by atoms with Gasteiger partial charge in [0.05, 0.1) is 18.7 Å². The molecule has 2 fully saturated rings. The fourth-order valence-electron chi connectivity index (χ4n) is 4.54. The van der Waals surface area contributed by atoms with E-state index in [9.17, 15) is 9.90 Å². The molecule has 1 aromatic rings. The van der Waals surface area contributed by atoms with Crippen LogP contribution in [0, 0.1) is 5.92 Å². The molecule has 0 aliphatic carbocycles. The predicted octanol–water partition coefficient (Wildman–Crippen LogP) is 1.22. The van der Waals surface area contributed by atoms with Crippen LogP contribution in [0.5, 0.6) is 0 Å². The van der Waals surface area contributed by atoms with Crippen LogP contribution < -0.4 is 4.90 Å². The molecule has 0 spiro atoms. The second kappa shape index (κ2) is 5.80. The fourth-order valence-corrected chi connectivity index (χ4v) is 4.54. The lowest BCUT2D eigenvalue weighted by Crippen LogP contribution is -2.71. The van der Waals surface area contributed by atoms with E-state index < -0.39 is 0 Å². The number of likely N-dealkylation sites (N-methyl/N-ethyl adjacent to an activating group) is 1. The van der Waals surface area contributed by atoms with E-state index in [1.54, 1.807) is 0 Å². The third-order valence-corrected chi connectivity index (χ3v) is 5.72. The Morgan fingerprint density at radius 1 is 1.30 bits per heavy atom. The highest BCUT2D eigenvalue weighted by atomic mass is 16.5. The number of rotatable bonds is 2. The number of aliphatic hydroxyl groups is 1. The van der Waals surface area contributed by atoms with E-state index in [2.05, 4.69) is 24.1 Å². The first-order valence-corrected chi connectivity index (χ1v) is 8.53. The Morgan fingerprint density at radius 2 is 2.04 bits per heavy atom. The molecule has 1 aromatic carbocycles. The summed E-state index contributed by atoms with van der Waals surface area (Å²) < 4.78 is 5.38. The van der Waals surface area contributed by atoms with Gasteiger partial charge in [-0.1, -0.05) is 18.2 Å². The second-order valence-electron chi connectivity index (χ2n) is 6.91. The summed E-state index contributed by atoms with van der Waals surface area (Å²) in [5.74, 6) is 0.527. The molecule has 0 aromatic heterocycles. The lowest BCUT2D eigenvalue weighted by Gasteiger charge is -2.59. The van der Waals surface area contributed by atoms with Gasteiger partial charge in [-0.15, -0.1) is 0 Å². The largest absolute Gasteiger partial charge is 0.394 e. The topological polar surface area (TPSA) is 53.0 Å². The van der Waals surface area contributed by atoms with Crippen LogP contribution in [0.4, 0.5) is 5.69 Å². The summed E-state index contributed by atoms with van der Waals surface area (Å²) in [5.41, 5.74) is 2.49. The lowest BCUT2D eigenvalue weighted by molar-refractivity contribution is -0.158. The van der Waals surface area contributed by atoms with Crippen LogP contribution in [-0.4, -0.2) is 61.4 Å². The van der Waals surface area contributed by atoms with Crippen molar-refractivity contribution in [3.8, 4) is 0 Å². The Bertz CT molecular complexity index is 600. The Labute approximate surface area is 136 Å². The fraction of sp³-hybridized carbons (Fsp3) is 0.611. The number of carbonyl (C=O) groups excluding carboxylic acids is 1. The van der Waals surface area contributed by atoms with Crippen molar-refractivity contribution < 1.29 is 14.6 Å². The van der Waals surface area contributed by atoms with Crippen molar-refractivity contribution >= 4 is 11.6 Å². The minimum Gasteiger partial charge on any atom is -0.394 e. The zero-order chi connectivity index (χ0) is 16.0. The maximum Gasteiger partial charge on any atom is 0.226 e. The number of anilines is 1. The van der Waals surface area contributed by atoms with Gasteiger partial charge in [0.1, 0.15) is 0 Å². The molecule has 0 unspecified atom stereocenters. The van der Waals surface area contributed by atoms with Gasteiger partial charge in [-0.2, -0.15) is 0 Å². The Morgan fingerprint density at radius 3 is 2.78 bits per heavy atom. The summed E-state index contributed by atoms with van der Waals surface area (Å²) in [6.45, 7) is 2.22. The number of amides is 1. The van der Waals surface area contributed by atoms with Crippen molar-refractivity contribution in [1.29, 1.82) is 0 Å². The average Bonchev–Trinajstić information content (AvgIpc) is 2.58. The van der Waals surface area contributed by atoms with Crippen LogP contribution in [0.3, 0.4) is 0 Å². The first kappa shape index (κ1) is 15.0. The number of carbonyl (C=O) groups is 1. The Hall–Kier alpha value is -1.59. The van der Waals surface area contributed by atoms with Gasteiger partial charge in [-0.05, 0) is 24.5 Å². The number of fused-ring (bicyclic) bond motifs is 3. The van der Waals surface area contributed by atoms with Gasteiger partial charge in [0.25, 0.3) is 0 Å². The smallest absolute Gasteiger partial charge is 0.226 e. The average molecular weight is 316 g/mol. The van der Waals surface area contributed by atoms with Gasteiger partial charge in [0.2, 0.25) is 5.91 Å². The third kappa shape index (κ3) is 2.25. The van der Waals surface area contributed by atoms with E-state index in [4.69, 9.17) is 4.74 Å². The van der Waals surface area contributed by atoms with Gasteiger partial charge in [0, 0.05) is 44.3 Å². The van der Waals surface area contributed by atoms with E-state index in [0.717, 1.165) is 19.4 Å². The molecule has 0 radical (unpaired) electrons. The summed E-state index contributed by atoms with van der Waals surface area (Å²) in [6.07, 6.45) is 1.61. The number of aliphatic hydroxyl groups excluding tert-OH is 1. The molecule has 2 saturated heterocycles. The zero-order valence-corrected chi connectivity index (χ0v) is 13.5. The quantitative estimate of drug-likeness (QED) is 0.891. The van der Waals surface area contributed by atoms with E-state index >= 15 is 0 Å². The molecule has 4 rings (SSSR count). The number of likely N-dealkylation sites (tertiary alicyclic amines) is 1. The van der Waals surface area contributed by atoms with Crippen molar-refractivity contribution in [3.63, 3.8) is 0 Å². The van der Waals surface area contributed by atoms with Crippen LogP contribution in [-0.2, 0) is 9.53 Å². The summed E-state index contributed by atoms with van der Waals surface area (Å²) in [5, 5.41) is 9.90. The number of hydrogen-bond donors (Lipinski definition) is 1. The van der Waals surface area contributed by atoms with E-state index in [1.807, 2.05) is 17.0 Å². The molecular weight excluding hydrogens is 292 g/mol. The van der Waals surface area contributed by atoms with Gasteiger partial charge in [0.15, 0.2) is 0 Å². The molecule has 124 valence electrons. The number of ether oxygens (including phenoxy) is 1. The predicted molar refractivity (Wildman–Crippen MR) is 87.5 cm³/mol. The molecular formula is C18H24N2O3.